The molecule has 5 nitrogen and oxygen atoms in total. The van der Waals surface area contributed by atoms with Gasteiger partial charge in [-0.25, -0.2) is 0 Å². The maximum atomic E-state index is 12.1. The number of benzene rings is 1. The largest absolute Gasteiger partial charge is 0.493 e. The van der Waals surface area contributed by atoms with Gasteiger partial charge in [-0.05, 0) is 36.5 Å². The summed E-state index contributed by atoms with van der Waals surface area (Å²) in [5, 5.41) is 2.96. The minimum atomic E-state index is 0. The summed E-state index contributed by atoms with van der Waals surface area (Å²) in [6, 6.07) is 5.82. The molecule has 1 aliphatic rings. The summed E-state index contributed by atoms with van der Waals surface area (Å²) in [4.78, 5) is 12.1. The van der Waals surface area contributed by atoms with Gasteiger partial charge in [-0.15, -0.1) is 12.4 Å². The lowest BCUT2D eigenvalue weighted by Gasteiger charge is -2.27. The van der Waals surface area contributed by atoms with Crippen LogP contribution in [0, 0.1) is 5.92 Å². The van der Waals surface area contributed by atoms with E-state index in [1.165, 1.54) is 12.8 Å². The average molecular weight is 343 g/mol. The van der Waals surface area contributed by atoms with Crippen molar-refractivity contribution in [3.05, 3.63) is 23.8 Å². The number of rotatable bonds is 6. The highest BCUT2D eigenvalue weighted by Crippen LogP contribution is 2.28. The lowest BCUT2D eigenvalue weighted by Crippen LogP contribution is -2.36. The minimum absolute atomic E-state index is 0. The van der Waals surface area contributed by atoms with Gasteiger partial charge >= 0.3 is 0 Å². The van der Waals surface area contributed by atoms with Crippen LogP contribution in [0.3, 0.4) is 0 Å². The van der Waals surface area contributed by atoms with Crippen molar-refractivity contribution in [3.63, 3.8) is 0 Å². The molecule has 1 aliphatic carbocycles. The van der Waals surface area contributed by atoms with E-state index in [4.69, 9.17) is 15.2 Å². The molecule has 0 aliphatic heterocycles. The summed E-state index contributed by atoms with van der Waals surface area (Å²) in [7, 11) is 3.21. The fraction of sp³-hybridized carbons (Fsp3) is 0.588. The Balaban J connectivity index is 0.00000264. The van der Waals surface area contributed by atoms with E-state index in [0.717, 1.165) is 18.4 Å². The second-order valence-electron chi connectivity index (χ2n) is 5.88. The summed E-state index contributed by atoms with van der Waals surface area (Å²) in [6.45, 7) is 0.487. The third-order valence-electron chi connectivity index (χ3n) is 4.35. The molecule has 1 saturated carbocycles. The number of amides is 1. The number of nitrogens with one attached hydrogen (secondary N) is 1. The number of ether oxygens (including phenoxy) is 2. The molecule has 2 atom stereocenters. The monoisotopic (exact) mass is 342 g/mol. The topological polar surface area (TPSA) is 73.6 Å². The van der Waals surface area contributed by atoms with Crippen LogP contribution < -0.4 is 20.5 Å². The van der Waals surface area contributed by atoms with Crippen LogP contribution in [-0.2, 0) is 11.3 Å². The fourth-order valence-electron chi connectivity index (χ4n) is 2.99. The van der Waals surface area contributed by atoms with Crippen LogP contribution in [0.1, 0.15) is 37.7 Å². The predicted molar refractivity (Wildman–Crippen MR) is 93.2 cm³/mol. The zero-order valence-corrected chi connectivity index (χ0v) is 14.7. The van der Waals surface area contributed by atoms with E-state index in [9.17, 15) is 4.79 Å². The molecule has 0 saturated heterocycles. The molecule has 0 bridgehead atoms. The zero-order chi connectivity index (χ0) is 15.9. The number of nitrogens with two attached hydrogens (primary N) is 1. The van der Waals surface area contributed by atoms with Crippen molar-refractivity contribution in [3.8, 4) is 11.5 Å². The zero-order valence-electron chi connectivity index (χ0n) is 13.8. The molecule has 6 heteroatoms. The lowest BCUT2D eigenvalue weighted by molar-refractivity contribution is -0.122. The Hall–Kier alpha value is -1.46. The van der Waals surface area contributed by atoms with Crippen LogP contribution in [0.2, 0.25) is 0 Å². The molecule has 2 rings (SSSR count). The van der Waals surface area contributed by atoms with Crippen molar-refractivity contribution in [2.45, 2.75) is 44.7 Å². The number of carbonyl (C=O) groups is 1. The summed E-state index contributed by atoms with van der Waals surface area (Å²) in [5.74, 6) is 1.74. The van der Waals surface area contributed by atoms with E-state index in [2.05, 4.69) is 5.32 Å². The highest BCUT2D eigenvalue weighted by atomic mass is 35.5. The molecule has 1 aromatic carbocycles. The maximum absolute atomic E-state index is 12.1. The molecule has 1 amide bonds. The van der Waals surface area contributed by atoms with Crippen LogP contribution in [0.5, 0.6) is 11.5 Å². The number of hydrogen-bond acceptors (Lipinski definition) is 4. The van der Waals surface area contributed by atoms with E-state index in [1.54, 1.807) is 14.2 Å². The summed E-state index contributed by atoms with van der Waals surface area (Å²) in [5.41, 5.74) is 7.08. The molecule has 0 radical (unpaired) electrons. The van der Waals surface area contributed by atoms with E-state index in [0.29, 0.717) is 30.4 Å². The Morgan fingerprint density at radius 2 is 1.91 bits per heavy atom. The first kappa shape index (κ1) is 19.6. The standard InChI is InChI=1S/C17H26N2O3.ClH/c1-21-15-8-7-12(9-16(15)22-2)11-19-17(20)10-13-5-3-4-6-14(13)18;/h7-9,13-14H,3-6,10-11,18H2,1-2H3,(H,19,20);1H. The van der Waals surface area contributed by atoms with Gasteiger partial charge in [-0.2, -0.15) is 0 Å². The van der Waals surface area contributed by atoms with E-state index < -0.39 is 0 Å². The van der Waals surface area contributed by atoms with Gasteiger partial charge < -0.3 is 20.5 Å². The Labute approximate surface area is 144 Å². The first-order valence-electron chi connectivity index (χ1n) is 7.87. The third kappa shape index (κ3) is 5.59. The summed E-state index contributed by atoms with van der Waals surface area (Å²) >= 11 is 0. The van der Waals surface area contributed by atoms with Gasteiger partial charge in [0.15, 0.2) is 11.5 Å². The van der Waals surface area contributed by atoms with Gasteiger partial charge in [0.05, 0.1) is 14.2 Å². The van der Waals surface area contributed by atoms with Gasteiger partial charge in [-0.3, -0.25) is 4.79 Å². The molecule has 2 unspecified atom stereocenters. The summed E-state index contributed by atoms with van der Waals surface area (Å²) < 4.78 is 10.5. The Kier molecular flexibility index (Phi) is 8.20. The maximum Gasteiger partial charge on any atom is 0.220 e. The highest BCUT2D eigenvalue weighted by Gasteiger charge is 2.23. The molecule has 1 aromatic rings. The Morgan fingerprint density at radius 3 is 2.57 bits per heavy atom. The lowest BCUT2D eigenvalue weighted by atomic mass is 9.83. The van der Waals surface area contributed by atoms with Crippen LogP contribution >= 0.6 is 12.4 Å². The van der Waals surface area contributed by atoms with Crippen molar-refractivity contribution < 1.29 is 14.3 Å². The molecule has 23 heavy (non-hydrogen) atoms. The van der Waals surface area contributed by atoms with Crippen LogP contribution in [-0.4, -0.2) is 26.2 Å². The number of carbonyl (C=O) groups excluding carboxylic acids is 1. The SMILES string of the molecule is COc1ccc(CNC(=O)CC2CCCCC2N)cc1OC.Cl. The van der Waals surface area contributed by atoms with Crippen molar-refractivity contribution in [2.75, 3.05) is 14.2 Å². The van der Waals surface area contributed by atoms with Crippen molar-refractivity contribution >= 4 is 18.3 Å². The van der Waals surface area contributed by atoms with Gasteiger partial charge in [0, 0.05) is 19.0 Å². The quantitative estimate of drug-likeness (QED) is 0.833. The van der Waals surface area contributed by atoms with Crippen molar-refractivity contribution in [2.24, 2.45) is 11.7 Å². The molecular formula is C17H27ClN2O3. The second kappa shape index (κ2) is 9.63. The Morgan fingerprint density at radius 1 is 1.22 bits per heavy atom. The average Bonchev–Trinajstić information content (AvgIpc) is 2.54. The van der Waals surface area contributed by atoms with Crippen LogP contribution in [0.25, 0.3) is 0 Å². The number of halogens is 1. The summed E-state index contributed by atoms with van der Waals surface area (Å²) in [6.07, 6.45) is 4.99. The molecule has 3 N–H and O–H groups in total. The predicted octanol–water partition coefficient (Wildman–Crippen LogP) is 2.65. The Bertz CT molecular complexity index is 511. The molecular weight excluding hydrogens is 316 g/mol. The molecule has 130 valence electrons. The van der Waals surface area contributed by atoms with Crippen molar-refractivity contribution in [1.29, 1.82) is 0 Å². The molecule has 0 spiro atoms. The highest BCUT2D eigenvalue weighted by molar-refractivity contribution is 5.85. The molecule has 1 fully saturated rings. The van der Waals surface area contributed by atoms with Crippen LogP contribution in [0.4, 0.5) is 0 Å². The first-order valence-corrected chi connectivity index (χ1v) is 7.87. The van der Waals surface area contributed by atoms with Gasteiger partial charge in [0.2, 0.25) is 5.91 Å². The normalized spacial score (nSPS) is 20.3. The van der Waals surface area contributed by atoms with Gasteiger partial charge in [-0.1, -0.05) is 18.9 Å². The number of methoxy groups -OCH3 is 2. The molecule has 0 heterocycles. The minimum Gasteiger partial charge on any atom is -0.493 e. The molecule has 0 aromatic heterocycles. The van der Waals surface area contributed by atoms with E-state index in [1.807, 2.05) is 18.2 Å². The first-order chi connectivity index (χ1) is 10.6. The number of hydrogen-bond donors (Lipinski definition) is 2. The van der Waals surface area contributed by atoms with Gasteiger partial charge in [0.25, 0.3) is 0 Å². The second-order valence-corrected chi connectivity index (χ2v) is 5.88. The van der Waals surface area contributed by atoms with Crippen LogP contribution in [0.15, 0.2) is 18.2 Å². The van der Waals surface area contributed by atoms with E-state index >= 15 is 0 Å². The van der Waals surface area contributed by atoms with E-state index in [-0.39, 0.29) is 24.4 Å². The smallest absolute Gasteiger partial charge is 0.220 e. The van der Waals surface area contributed by atoms with Crippen molar-refractivity contribution in [1.82, 2.24) is 5.32 Å². The third-order valence-corrected chi connectivity index (χ3v) is 4.35. The van der Waals surface area contributed by atoms with Gasteiger partial charge in [0.1, 0.15) is 0 Å². The fourth-order valence-corrected chi connectivity index (χ4v) is 2.99.